The Hall–Kier alpha value is -2.69. The number of fused-ring (bicyclic) bond motifs is 1. The van der Waals surface area contributed by atoms with Crippen molar-refractivity contribution in [3.8, 4) is 11.5 Å². The maximum atomic E-state index is 14.3. The Bertz CT molecular complexity index is 1070. The van der Waals surface area contributed by atoms with Crippen molar-refractivity contribution >= 4 is 15.9 Å². The number of sulfonamides is 1. The molecule has 1 N–H and O–H groups in total. The molecule has 0 saturated carbocycles. The van der Waals surface area contributed by atoms with Crippen molar-refractivity contribution in [3.63, 3.8) is 0 Å². The predicted molar refractivity (Wildman–Crippen MR) is 109 cm³/mol. The van der Waals surface area contributed by atoms with Crippen molar-refractivity contribution in [3.05, 3.63) is 53.3 Å². The number of nitrogens with zero attached hydrogens (tertiary/aromatic N) is 1. The molecule has 0 unspecified atom stereocenters. The van der Waals surface area contributed by atoms with E-state index in [2.05, 4.69) is 5.32 Å². The van der Waals surface area contributed by atoms with Crippen LogP contribution in [0.5, 0.6) is 11.5 Å². The number of benzene rings is 2. The molecule has 2 aliphatic heterocycles. The van der Waals surface area contributed by atoms with E-state index in [1.54, 1.807) is 0 Å². The van der Waals surface area contributed by atoms with Crippen LogP contribution in [0.15, 0.2) is 41.3 Å². The van der Waals surface area contributed by atoms with E-state index in [4.69, 9.17) is 14.2 Å². The molecule has 2 aromatic rings. The fourth-order valence-corrected chi connectivity index (χ4v) is 4.93. The maximum Gasteiger partial charge on any atom is 0.251 e. The number of carbonyl (C=O) groups excluding carboxylic acids is 1. The van der Waals surface area contributed by atoms with E-state index in [1.807, 2.05) is 18.2 Å². The van der Waals surface area contributed by atoms with Gasteiger partial charge in [0.25, 0.3) is 5.91 Å². The second-order valence-electron chi connectivity index (χ2n) is 7.15. The summed E-state index contributed by atoms with van der Waals surface area (Å²) >= 11 is 0. The van der Waals surface area contributed by atoms with Crippen molar-refractivity contribution in [1.29, 1.82) is 0 Å². The topological polar surface area (TPSA) is 94.2 Å². The average molecular weight is 450 g/mol. The molecule has 0 aliphatic carbocycles. The number of carbonyl (C=O) groups is 1. The third kappa shape index (κ3) is 4.81. The van der Waals surface area contributed by atoms with E-state index >= 15 is 0 Å². The lowest BCUT2D eigenvalue weighted by atomic mass is 10.1. The van der Waals surface area contributed by atoms with Crippen LogP contribution in [-0.2, 0) is 21.2 Å². The highest BCUT2D eigenvalue weighted by molar-refractivity contribution is 7.89. The zero-order chi connectivity index (χ0) is 21.8. The first-order chi connectivity index (χ1) is 14.9. The summed E-state index contributed by atoms with van der Waals surface area (Å²) in [5.41, 5.74) is 1.04. The van der Waals surface area contributed by atoms with E-state index in [0.717, 1.165) is 17.7 Å². The van der Waals surface area contributed by atoms with Crippen molar-refractivity contribution in [2.45, 2.75) is 11.3 Å². The second kappa shape index (κ2) is 9.21. The number of nitrogens with one attached hydrogen (secondary N) is 1. The molecule has 10 heteroatoms. The van der Waals surface area contributed by atoms with E-state index in [9.17, 15) is 17.6 Å². The zero-order valence-corrected chi connectivity index (χ0v) is 17.6. The lowest BCUT2D eigenvalue weighted by Crippen LogP contribution is -2.41. The van der Waals surface area contributed by atoms with Gasteiger partial charge in [0.15, 0.2) is 11.5 Å². The van der Waals surface area contributed by atoms with Gasteiger partial charge in [0.1, 0.15) is 23.9 Å². The van der Waals surface area contributed by atoms with Crippen LogP contribution in [0.2, 0.25) is 0 Å². The predicted octanol–water partition coefficient (Wildman–Crippen LogP) is 1.59. The third-order valence-corrected chi connectivity index (χ3v) is 7.00. The van der Waals surface area contributed by atoms with E-state index in [-0.39, 0.29) is 31.9 Å². The van der Waals surface area contributed by atoms with Crippen LogP contribution in [0.25, 0.3) is 0 Å². The summed E-state index contributed by atoms with van der Waals surface area (Å²) in [6.45, 7) is 2.13. The molecule has 0 radical (unpaired) electrons. The smallest absolute Gasteiger partial charge is 0.251 e. The highest BCUT2D eigenvalue weighted by Gasteiger charge is 2.29. The SMILES string of the molecule is O=C(NCCc1ccc2c(c1)OCCO2)c1ccc(F)c(S(=O)(=O)N2CCOCC2)c1. The van der Waals surface area contributed by atoms with Gasteiger partial charge in [-0.1, -0.05) is 6.07 Å². The Balaban J connectivity index is 1.41. The molecule has 2 aromatic carbocycles. The standard InChI is InChI=1S/C21H23FN2O6S/c22-17-3-2-16(14-20(17)31(26,27)24-7-9-28-10-8-24)21(25)23-6-5-15-1-4-18-19(13-15)30-12-11-29-18/h1-4,13-14H,5-12H2,(H,23,25). The third-order valence-electron chi connectivity index (χ3n) is 5.09. The molecule has 0 spiro atoms. The van der Waals surface area contributed by atoms with Gasteiger partial charge in [-0.15, -0.1) is 0 Å². The van der Waals surface area contributed by atoms with Crippen LogP contribution in [-0.4, -0.2) is 64.7 Å². The van der Waals surface area contributed by atoms with Crippen LogP contribution in [0.4, 0.5) is 4.39 Å². The number of morpholine rings is 1. The highest BCUT2D eigenvalue weighted by atomic mass is 32.2. The van der Waals surface area contributed by atoms with Crippen molar-refractivity contribution in [2.75, 3.05) is 46.1 Å². The molecule has 1 fully saturated rings. The minimum absolute atomic E-state index is 0.0791. The molecular weight excluding hydrogens is 427 g/mol. The van der Waals surface area contributed by atoms with Crippen LogP contribution in [0, 0.1) is 5.82 Å². The summed E-state index contributed by atoms with van der Waals surface area (Å²) < 4.78 is 57.2. The number of hydrogen-bond donors (Lipinski definition) is 1. The number of ether oxygens (including phenoxy) is 3. The molecule has 0 bridgehead atoms. The Morgan fingerprint density at radius 3 is 2.52 bits per heavy atom. The van der Waals surface area contributed by atoms with Gasteiger partial charge >= 0.3 is 0 Å². The first kappa shape index (κ1) is 21.5. The lowest BCUT2D eigenvalue weighted by Gasteiger charge is -2.26. The normalized spacial score (nSPS) is 16.7. The van der Waals surface area contributed by atoms with Crippen LogP contribution >= 0.6 is 0 Å². The van der Waals surface area contributed by atoms with Crippen LogP contribution in [0.3, 0.4) is 0 Å². The van der Waals surface area contributed by atoms with E-state index in [0.29, 0.717) is 37.7 Å². The number of rotatable bonds is 6. The molecule has 8 nitrogen and oxygen atoms in total. The fraction of sp³-hybridized carbons (Fsp3) is 0.381. The number of hydrogen-bond acceptors (Lipinski definition) is 6. The molecule has 31 heavy (non-hydrogen) atoms. The molecule has 1 saturated heterocycles. The van der Waals surface area contributed by atoms with Gasteiger partial charge in [0.05, 0.1) is 13.2 Å². The first-order valence-corrected chi connectivity index (χ1v) is 11.4. The average Bonchev–Trinajstić information content (AvgIpc) is 2.79. The summed E-state index contributed by atoms with van der Waals surface area (Å²) in [5, 5.41) is 2.74. The fourth-order valence-electron chi connectivity index (χ4n) is 3.43. The Morgan fingerprint density at radius 2 is 1.74 bits per heavy atom. The van der Waals surface area contributed by atoms with E-state index < -0.39 is 26.6 Å². The van der Waals surface area contributed by atoms with Gasteiger partial charge in [0, 0.05) is 25.2 Å². The molecule has 0 aromatic heterocycles. The minimum Gasteiger partial charge on any atom is -0.486 e. The molecule has 4 rings (SSSR count). The largest absolute Gasteiger partial charge is 0.486 e. The van der Waals surface area contributed by atoms with Gasteiger partial charge in [-0.3, -0.25) is 4.79 Å². The molecule has 166 valence electrons. The second-order valence-corrected chi connectivity index (χ2v) is 9.05. The van der Waals surface area contributed by atoms with Crippen molar-refractivity contribution in [1.82, 2.24) is 9.62 Å². The van der Waals surface area contributed by atoms with Crippen molar-refractivity contribution in [2.24, 2.45) is 0 Å². The minimum atomic E-state index is -4.05. The Kier molecular flexibility index (Phi) is 6.40. The maximum absolute atomic E-state index is 14.3. The first-order valence-electron chi connectivity index (χ1n) is 9.99. The zero-order valence-electron chi connectivity index (χ0n) is 16.8. The van der Waals surface area contributed by atoms with Gasteiger partial charge < -0.3 is 19.5 Å². The summed E-state index contributed by atoms with van der Waals surface area (Å²) in [7, 11) is -4.05. The van der Waals surface area contributed by atoms with Crippen LogP contribution < -0.4 is 14.8 Å². The summed E-state index contributed by atoms with van der Waals surface area (Å²) in [6.07, 6.45) is 0.544. The van der Waals surface area contributed by atoms with Gasteiger partial charge in [-0.05, 0) is 42.3 Å². The van der Waals surface area contributed by atoms with Crippen LogP contribution in [0.1, 0.15) is 15.9 Å². The molecule has 1 amide bonds. The number of halogens is 1. The molecular formula is C21H23FN2O6S. The molecule has 0 atom stereocenters. The van der Waals surface area contributed by atoms with Gasteiger partial charge in [0.2, 0.25) is 10.0 Å². The Morgan fingerprint density at radius 1 is 1.00 bits per heavy atom. The lowest BCUT2D eigenvalue weighted by molar-refractivity contribution is 0.0729. The molecule has 2 heterocycles. The monoisotopic (exact) mass is 450 g/mol. The summed E-state index contributed by atoms with van der Waals surface area (Å²) in [4.78, 5) is 12.0. The van der Waals surface area contributed by atoms with Gasteiger partial charge in [-0.25, -0.2) is 12.8 Å². The number of amides is 1. The summed E-state index contributed by atoms with van der Waals surface area (Å²) in [6, 6.07) is 8.94. The van der Waals surface area contributed by atoms with E-state index in [1.165, 1.54) is 10.4 Å². The molecule has 2 aliphatic rings. The van der Waals surface area contributed by atoms with Gasteiger partial charge in [-0.2, -0.15) is 4.31 Å². The quantitative estimate of drug-likeness (QED) is 0.719. The van der Waals surface area contributed by atoms with Crippen molar-refractivity contribution < 1.29 is 31.8 Å². The summed E-state index contributed by atoms with van der Waals surface area (Å²) in [5.74, 6) is 0.00113. The highest BCUT2D eigenvalue weighted by Crippen LogP contribution is 2.30. The Labute approximate surface area is 179 Å².